The summed E-state index contributed by atoms with van der Waals surface area (Å²) in [5, 5.41) is 7.12. The van der Waals surface area contributed by atoms with Crippen molar-refractivity contribution in [3.63, 3.8) is 0 Å². The zero-order valence-corrected chi connectivity index (χ0v) is 17.8. The second kappa shape index (κ2) is 9.51. The summed E-state index contributed by atoms with van der Waals surface area (Å²) in [6.07, 6.45) is 4.37. The molecule has 2 rings (SSSR count). The number of amides is 1. The fraction of sp³-hybridized carbons (Fsp3) is 0.619. The lowest BCUT2D eigenvalue weighted by Crippen LogP contribution is -2.59. The van der Waals surface area contributed by atoms with Gasteiger partial charge in [0.1, 0.15) is 6.04 Å². The first-order valence-electron chi connectivity index (χ1n) is 9.80. The molecule has 27 heavy (non-hydrogen) atoms. The first-order valence-corrected chi connectivity index (χ1v) is 10.2. The lowest BCUT2D eigenvalue weighted by molar-refractivity contribution is -0.134. The summed E-state index contributed by atoms with van der Waals surface area (Å²) >= 11 is 5.52. The minimum absolute atomic E-state index is 0.0310. The molecule has 0 heterocycles. The Morgan fingerprint density at radius 1 is 1.26 bits per heavy atom. The molecular formula is C21H34N4OS. The molecule has 1 aromatic rings. The first-order chi connectivity index (χ1) is 12.7. The van der Waals surface area contributed by atoms with E-state index < -0.39 is 6.04 Å². The van der Waals surface area contributed by atoms with Gasteiger partial charge in [-0.1, -0.05) is 63.9 Å². The van der Waals surface area contributed by atoms with Crippen LogP contribution < -0.4 is 16.4 Å². The summed E-state index contributed by atoms with van der Waals surface area (Å²) in [4.78, 5) is 14.9. The molecule has 0 aliphatic heterocycles. The monoisotopic (exact) mass is 390 g/mol. The van der Waals surface area contributed by atoms with Crippen LogP contribution >= 0.6 is 12.2 Å². The molecule has 1 amide bonds. The number of rotatable bonds is 5. The van der Waals surface area contributed by atoms with Gasteiger partial charge in [0.25, 0.3) is 0 Å². The number of carbonyl (C=O) groups is 1. The van der Waals surface area contributed by atoms with Gasteiger partial charge in [0.2, 0.25) is 5.91 Å². The number of likely N-dealkylation sites (N-methyl/N-ethyl adjacent to an activating group) is 1. The minimum atomic E-state index is -0.411. The Kier molecular flexibility index (Phi) is 7.62. The SMILES string of the molecule is CN(Cc1ccccc1)C(=O)[C@@H](NC(=S)N[C@@H]1CCCC[C@H]1N)C(C)(C)C. The molecule has 4 N–H and O–H groups in total. The number of nitrogens with two attached hydrogens (primary N) is 1. The average molecular weight is 391 g/mol. The highest BCUT2D eigenvalue weighted by Crippen LogP contribution is 2.22. The molecule has 5 nitrogen and oxygen atoms in total. The van der Waals surface area contributed by atoms with E-state index in [4.69, 9.17) is 18.0 Å². The maximum Gasteiger partial charge on any atom is 0.245 e. The Morgan fingerprint density at radius 3 is 2.48 bits per heavy atom. The molecule has 0 bridgehead atoms. The van der Waals surface area contributed by atoms with E-state index in [1.165, 1.54) is 6.42 Å². The second-order valence-electron chi connectivity index (χ2n) is 8.65. The van der Waals surface area contributed by atoms with E-state index in [-0.39, 0.29) is 23.4 Å². The summed E-state index contributed by atoms with van der Waals surface area (Å²) in [6.45, 7) is 6.72. The fourth-order valence-corrected chi connectivity index (χ4v) is 3.75. The van der Waals surface area contributed by atoms with Gasteiger partial charge in [0, 0.05) is 25.7 Å². The van der Waals surface area contributed by atoms with Crippen LogP contribution in [0.25, 0.3) is 0 Å². The number of carbonyl (C=O) groups excluding carboxylic acids is 1. The highest BCUT2D eigenvalue weighted by Gasteiger charge is 2.34. The van der Waals surface area contributed by atoms with Gasteiger partial charge in [-0.3, -0.25) is 4.79 Å². The van der Waals surface area contributed by atoms with Crippen LogP contribution in [0.1, 0.15) is 52.0 Å². The van der Waals surface area contributed by atoms with Crippen molar-refractivity contribution >= 4 is 23.2 Å². The number of thiocarbonyl (C=S) groups is 1. The minimum Gasteiger partial charge on any atom is -0.358 e. The van der Waals surface area contributed by atoms with Crippen LogP contribution in [0.4, 0.5) is 0 Å². The van der Waals surface area contributed by atoms with Crippen LogP contribution in [0.15, 0.2) is 30.3 Å². The van der Waals surface area contributed by atoms with Crippen molar-refractivity contribution in [1.82, 2.24) is 15.5 Å². The fourth-order valence-electron chi connectivity index (χ4n) is 3.48. The molecule has 3 atom stereocenters. The number of nitrogens with zero attached hydrogens (tertiary/aromatic N) is 1. The predicted molar refractivity (Wildman–Crippen MR) is 115 cm³/mol. The van der Waals surface area contributed by atoms with Crippen molar-refractivity contribution in [3.8, 4) is 0 Å². The molecule has 150 valence electrons. The van der Waals surface area contributed by atoms with Crippen molar-refractivity contribution in [1.29, 1.82) is 0 Å². The van der Waals surface area contributed by atoms with E-state index in [9.17, 15) is 4.79 Å². The van der Waals surface area contributed by atoms with Crippen LogP contribution in [0.2, 0.25) is 0 Å². The molecule has 0 saturated heterocycles. The van der Waals surface area contributed by atoms with Gasteiger partial charge >= 0.3 is 0 Å². The van der Waals surface area contributed by atoms with E-state index in [0.29, 0.717) is 11.7 Å². The highest BCUT2D eigenvalue weighted by molar-refractivity contribution is 7.80. The second-order valence-corrected chi connectivity index (χ2v) is 9.06. The average Bonchev–Trinajstić information content (AvgIpc) is 2.61. The van der Waals surface area contributed by atoms with E-state index in [0.717, 1.165) is 24.8 Å². The van der Waals surface area contributed by atoms with Gasteiger partial charge in [-0.25, -0.2) is 0 Å². The zero-order chi connectivity index (χ0) is 20.0. The molecule has 1 saturated carbocycles. The quantitative estimate of drug-likeness (QED) is 0.675. The molecule has 0 radical (unpaired) electrons. The number of benzene rings is 1. The lowest BCUT2D eigenvalue weighted by Gasteiger charge is -2.36. The van der Waals surface area contributed by atoms with E-state index >= 15 is 0 Å². The molecule has 1 aromatic carbocycles. The van der Waals surface area contributed by atoms with Gasteiger partial charge < -0.3 is 21.3 Å². The first kappa shape index (κ1) is 21.6. The molecule has 1 fully saturated rings. The molecule has 6 heteroatoms. The Morgan fingerprint density at radius 2 is 1.89 bits per heavy atom. The highest BCUT2D eigenvalue weighted by atomic mass is 32.1. The molecule has 1 aliphatic carbocycles. The van der Waals surface area contributed by atoms with E-state index in [2.05, 4.69) is 10.6 Å². The third-order valence-corrected chi connectivity index (χ3v) is 5.40. The smallest absolute Gasteiger partial charge is 0.245 e. The van der Waals surface area contributed by atoms with Crippen molar-refractivity contribution in [2.75, 3.05) is 7.05 Å². The Labute approximate surface area is 169 Å². The summed E-state index contributed by atoms with van der Waals surface area (Å²) in [5.74, 6) is 0.0310. The molecule has 0 aromatic heterocycles. The van der Waals surface area contributed by atoms with Crippen LogP contribution in [0, 0.1) is 5.41 Å². The Hall–Kier alpha value is -1.66. The Bertz CT molecular complexity index is 629. The van der Waals surface area contributed by atoms with Crippen LogP contribution in [-0.2, 0) is 11.3 Å². The van der Waals surface area contributed by atoms with Crippen molar-refractivity contribution in [2.45, 2.75) is 71.1 Å². The van der Waals surface area contributed by atoms with Crippen molar-refractivity contribution < 1.29 is 4.79 Å². The summed E-state index contributed by atoms with van der Waals surface area (Å²) in [5.41, 5.74) is 7.04. The van der Waals surface area contributed by atoms with Gasteiger partial charge in [0.15, 0.2) is 5.11 Å². The number of nitrogens with one attached hydrogen (secondary N) is 2. The molecule has 0 spiro atoms. The normalized spacial score (nSPS) is 21.2. The third-order valence-electron chi connectivity index (χ3n) is 5.16. The zero-order valence-electron chi connectivity index (χ0n) is 17.0. The maximum atomic E-state index is 13.1. The van der Waals surface area contributed by atoms with Crippen LogP contribution in [-0.4, -0.2) is 41.1 Å². The number of hydrogen-bond acceptors (Lipinski definition) is 3. The largest absolute Gasteiger partial charge is 0.358 e. The molecule has 1 aliphatic rings. The Balaban J connectivity index is 2.01. The van der Waals surface area contributed by atoms with Gasteiger partial charge in [-0.05, 0) is 36.0 Å². The third kappa shape index (κ3) is 6.47. The van der Waals surface area contributed by atoms with Gasteiger partial charge in [0.05, 0.1) is 0 Å². The summed E-state index contributed by atoms with van der Waals surface area (Å²) in [6, 6.07) is 9.88. The topological polar surface area (TPSA) is 70.4 Å². The van der Waals surface area contributed by atoms with Crippen molar-refractivity contribution in [2.24, 2.45) is 11.1 Å². The van der Waals surface area contributed by atoms with Gasteiger partial charge in [-0.15, -0.1) is 0 Å². The van der Waals surface area contributed by atoms with Crippen LogP contribution in [0.5, 0.6) is 0 Å². The maximum absolute atomic E-state index is 13.1. The summed E-state index contributed by atoms with van der Waals surface area (Å²) < 4.78 is 0. The molecular weight excluding hydrogens is 356 g/mol. The number of hydrogen-bond donors (Lipinski definition) is 3. The lowest BCUT2D eigenvalue weighted by atomic mass is 9.85. The van der Waals surface area contributed by atoms with Crippen LogP contribution in [0.3, 0.4) is 0 Å². The molecule has 0 unspecified atom stereocenters. The van der Waals surface area contributed by atoms with Gasteiger partial charge in [-0.2, -0.15) is 0 Å². The standard InChI is InChI=1S/C21H34N4OS/c1-21(2,3)18(19(26)25(4)14-15-10-6-5-7-11-15)24-20(27)23-17-13-9-8-12-16(17)22/h5-7,10-11,16-18H,8-9,12-14,22H2,1-4H3,(H2,23,24,27)/t16-,17-,18-/m1/s1. The van der Waals surface area contributed by atoms with E-state index in [1.54, 1.807) is 4.90 Å². The summed E-state index contributed by atoms with van der Waals surface area (Å²) in [7, 11) is 1.84. The van der Waals surface area contributed by atoms with Crippen molar-refractivity contribution in [3.05, 3.63) is 35.9 Å². The predicted octanol–water partition coefficient (Wildman–Crippen LogP) is 2.79. The van der Waals surface area contributed by atoms with E-state index in [1.807, 2.05) is 58.2 Å².